The predicted octanol–water partition coefficient (Wildman–Crippen LogP) is 2.28. The lowest BCUT2D eigenvalue weighted by atomic mass is 10.1. The molecule has 0 saturated carbocycles. The number of benzene rings is 1. The second-order valence-electron chi connectivity index (χ2n) is 2.77. The fourth-order valence-electron chi connectivity index (χ4n) is 1.19. The monoisotopic (exact) mass is 293 g/mol. The number of rotatable bonds is 4. The van der Waals surface area contributed by atoms with Crippen LogP contribution in [0.25, 0.3) is 0 Å². The number of halogens is 1. The lowest BCUT2D eigenvalue weighted by Gasteiger charge is -2.05. The molecule has 2 N–H and O–H groups in total. The summed E-state index contributed by atoms with van der Waals surface area (Å²) in [5, 5.41) is 0. The molecule has 0 aliphatic carbocycles. The summed E-state index contributed by atoms with van der Waals surface area (Å²) >= 11 is 1.86. The van der Waals surface area contributed by atoms with Gasteiger partial charge in [-0.15, -0.1) is 0 Å². The third-order valence-corrected chi connectivity index (χ3v) is 1.92. The van der Waals surface area contributed by atoms with E-state index in [0.717, 1.165) is 16.8 Å². The summed E-state index contributed by atoms with van der Waals surface area (Å²) in [6.45, 7) is 1.15. The van der Waals surface area contributed by atoms with Gasteiger partial charge < -0.3 is 13.5 Å². The molecule has 0 atom stereocenters. The molecular formula is C9H12INO2. The van der Waals surface area contributed by atoms with Crippen LogP contribution in [0.2, 0.25) is 0 Å². The first-order valence-corrected chi connectivity index (χ1v) is 4.75. The highest BCUT2D eigenvalue weighted by Gasteiger charge is 1.98. The van der Waals surface area contributed by atoms with Gasteiger partial charge in [-0.05, 0) is 23.3 Å². The van der Waals surface area contributed by atoms with Crippen molar-refractivity contribution in [2.24, 2.45) is 0 Å². The molecule has 0 amide bonds. The van der Waals surface area contributed by atoms with E-state index in [4.69, 9.17) is 13.5 Å². The number of hydrogen-bond acceptors (Lipinski definition) is 3. The summed E-state index contributed by atoms with van der Waals surface area (Å²) in [4.78, 5) is 0. The molecule has 3 nitrogen and oxygen atoms in total. The SMILES string of the molecule is COCc1cc(N)cc(COI)c1. The van der Waals surface area contributed by atoms with Crippen LogP contribution in [0.3, 0.4) is 0 Å². The molecule has 1 aromatic rings. The molecule has 4 heteroatoms. The average Bonchev–Trinajstić information content (AvgIpc) is 2.04. The molecule has 0 aromatic heterocycles. The summed E-state index contributed by atoms with van der Waals surface area (Å²) in [7, 11) is 1.66. The van der Waals surface area contributed by atoms with Crippen LogP contribution >= 0.6 is 23.0 Å². The number of hydrogen-bond donors (Lipinski definition) is 1. The van der Waals surface area contributed by atoms with Gasteiger partial charge in [0, 0.05) is 12.8 Å². The normalized spacial score (nSPS) is 10.3. The Morgan fingerprint density at radius 3 is 2.38 bits per heavy atom. The number of anilines is 1. The molecular weight excluding hydrogens is 281 g/mol. The molecule has 1 rings (SSSR count). The molecule has 0 bridgehead atoms. The maximum absolute atomic E-state index is 5.71. The van der Waals surface area contributed by atoms with Crippen molar-refractivity contribution in [3.05, 3.63) is 29.3 Å². The molecule has 13 heavy (non-hydrogen) atoms. The smallest absolute Gasteiger partial charge is 0.110 e. The first kappa shape index (κ1) is 10.7. The van der Waals surface area contributed by atoms with Crippen LogP contribution in [0.4, 0.5) is 5.69 Å². The third kappa shape index (κ3) is 3.50. The molecule has 0 aliphatic heterocycles. The van der Waals surface area contributed by atoms with Crippen molar-refractivity contribution >= 4 is 28.7 Å². The quantitative estimate of drug-likeness (QED) is 0.684. The Bertz CT molecular complexity index is 254. The second kappa shape index (κ2) is 5.41. The van der Waals surface area contributed by atoms with Crippen molar-refractivity contribution in [1.29, 1.82) is 0 Å². The topological polar surface area (TPSA) is 44.5 Å². The fourth-order valence-corrected chi connectivity index (χ4v) is 1.55. The van der Waals surface area contributed by atoms with Crippen molar-refractivity contribution in [1.82, 2.24) is 0 Å². The van der Waals surface area contributed by atoms with Gasteiger partial charge in [0.1, 0.15) is 23.0 Å². The van der Waals surface area contributed by atoms with E-state index in [2.05, 4.69) is 0 Å². The first-order valence-electron chi connectivity index (χ1n) is 3.87. The molecule has 1 aromatic carbocycles. The van der Waals surface area contributed by atoms with Gasteiger partial charge in [-0.25, -0.2) is 0 Å². The van der Waals surface area contributed by atoms with Crippen LogP contribution in [-0.2, 0) is 21.0 Å². The Kier molecular flexibility index (Phi) is 4.47. The molecule has 0 aliphatic rings. The summed E-state index contributed by atoms with van der Waals surface area (Å²) in [6.07, 6.45) is 0. The lowest BCUT2D eigenvalue weighted by Crippen LogP contribution is -1.95. The van der Waals surface area contributed by atoms with Gasteiger partial charge in [0.05, 0.1) is 13.2 Å². The number of nitrogen functional groups attached to an aromatic ring is 1. The van der Waals surface area contributed by atoms with E-state index >= 15 is 0 Å². The number of methoxy groups -OCH3 is 1. The van der Waals surface area contributed by atoms with Crippen molar-refractivity contribution in [2.75, 3.05) is 12.8 Å². The maximum atomic E-state index is 5.71. The zero-order valence-electron chi connectivity index (χ0n) is 7.42. The molecule has 0 saturated heterocycles. The van der Waals surface area contributed by atoms with Crippen LogP contribution in [0.5, 0.6) is 0 Å². The van der Waals surface area contributed by atoms with E-state index in [1.807, 2.05) is 41.2 Å². The first-order chi connectivity index (χ1) is 6.26. The van der Waals surface area contributed by atoms with Gasteiger partial charge in [0.25, 0.3) is 0 Å². The highest BCUT2D eigenvalue weighted by molar-refractivity contribution is 14.1. The summed E-state index contributed by atoms with van der Waals surface area (Å²) < 4.78 is 10.0. The molecule has 0 fully saturated rings. The highest BCUT2D eigenvalue weighted by Crippen LogP contribution is 2.14. The van der Waals surface area contributed by atoms with E-state index < -0.39 is 0 Å². The predicted molar refractivity (Wildman–Crippen MR) is 60.4 cm³/mol. The van der Waals surface area contributed by atoms with E-state index in [1.165, 1.54) is 0 Å². The third-order valence-electron chi connectivity index (χ3n) is 1.61. The summed E-state index contributed by atoms with van der Waals surface area (Å²) in [6, 6.07) is 5.83. The largest absolute Gasteiger partial charge is 0.399 e. The highest BCUT2D eigenvalue weighted by atomic mass is 127. The molecule has 0 heterocycles. The molecule has 0 unspecified atom stereocenters. The average molecular weight is 293 g/mol. The maximum Gasteiger partial charge on any atom is 0.110 e. The van der Waals surface area contributed by atoms with E-state index in [9.17, 15) is 0 Å². The summed E-state index contributed by atoms with van der Waals surface area (Å²) in [5.74, 6) is 0. The van der Waals surface area contributed by atoms with Crippen molar-refractivity contribution in [3.8, 4) is 0 Å². The van der Waals surface area contributed by atoms with Gasteiger partial charge in [0.15, 0.2) is 0 Å². The Morgan fingerprint density at radius 2 is 1.85 bits per heavy atom. The van der Waals surface area contributed by atoms with Crippen LogP contribution in [0.15, 0.2) is 18.2 Å². The van der Waals surface area contributed by atoms with Crippen LogP contribution in [0, 0.1) is 0 Å². The van der Waals surface area contributed by atoms with Crippen molar-refractivity contribution in [2.45, 2.75) is 13.2 Å². The van der Waals surface area contributed by atoms with Crippen molar-refractivity contribution < 1.29 is 7.80 Å². The lowest BCUT2D eigenvalue weighted by molar-refractivity contribution is 0.185. The van der Waals surface area contributed by atoms with Crippen LogP contribution < -0.4 is 5.73 Å². The van der Waals surface area contributed by atoms with Crippen LogP contribution in [0.1, 0.15) is 11.1 Å². The van der Waals surface area contributed by atoms with Gasteiger partial charge in [-0.1, -0.05) is 6.07 Å². The molecule has 0 spiro atoms. The van der Waals surface area contributed by atoms with Gasteiger partial charge in [-0.3, -0.25) is 0 Å². The number of ether oxygens (including phenoxy) is 1. The molecule has 72 valence electrons. The van der Waals surface area contributed by atoms with Gasteiger partial charge in [0.2, 0.25) is 0 Å². The van der Waals surface area contributed by atoms with Crippen molar-refractivity contribution in [3.63, 3.8) is 0 Å². The van der Waals surface area contributed by atoms with Gasteiger partial charge in [-0.2, -0.15) is 0 Å². The van der Waals surface area contributed by atoms with Gasteiger partial charge >= 0.3 is 0 Å². The zero-order valence-corrected chi connectivity index (χ0v) is 9.58. The fraction of sp³-hybridized carbons (Fsp3) is 0.333. The standard InChI is InChI=1S/C9H12INO2/c1-12-5-7-2-8(6-13-10)4-9(11)3-7/h2-4H,5-6,11H2,1H3. The Balaban J connectivity index is 2.83. The minimum absolute atomic E-state index is 0.572. The Labute approximate surface area is 91.9 Å². The minimum atomic E-state index is 0.572. The number of nitrogens with two attached hydrogens (primary N) is 1. The zero-order chi connectivity index (χ0) is 9.68. The second-order valence-corrected chi connectivity index (χ2v) is 3.39. The Morgan fingerprint density at radius 1 is 1.23 bits per heavy atom. The minimum Gasteiger partial charge on any atom is -0.399 e. The van der Waals surface area contributed by atoms with E-state index in [1.54, 1.807) is 7.11 Å². The Hall–Kier alpha value is -0.330. The summed E-state index contributed by atoms with van der Waals surface area (Å²) in [5.41, 5.74) is 8.60. The van der Waals surface area contributed by atoms with E-state index in [-0.39, 0.29) is 0 Å². The molecule has 0 radical (unpaired) electrons. The van der Waals surface area contributed by atoms with Crippen LogP contribution in [-0.4, -0.2) is 7.11 Å². The van der Waals surface area contributed by atoms with E-state index in [0.29, 0.717) is 13.2 Å².